The lowest BCUT2D eigenvalue weighted by Crippen LogP contribution is -2.38. The Morgan fingerprint density at radius 1 is 1.20 bits per heavy atom. The first-order chi connectivity index (χ1) is 26.8. The molecule has 56 heavy (non-hydrogen) atoms. The summed E-state index contributed by atoms with van der Waals surface area (Å²) in [6, 6.07) is 9.77. The molecular weight excluding hydrogens is 831 g/mol. The number of amides is 3. The van der Waals surface area contributed by atoms with E-state index in [0.29, 0.717) is 52.2 Å². The molecule has 7 rings (SSSR count). The molecular formula is C35H34BrClF3N9O7. The minimum absolute atomic E-state index is 0.000486. The van der Waals surface area contributed by atoms with Crippen molar-refractivity contribution in [1.29, 1.82) is 0 Å². The van der Waals surface area contributed by atoms with Crippen LogP contribution in [0.3, 0.4) is 0 Å². The number of ether oxygens (including phenoxy) is 2. The van der Waals surface area contributed by atoms with E-state index in [0.717, 1.165) is 9.37 Å². The van der Waals surface area contributed by atoms with Gasteiger partial charge in [0.05, 0.1) is 59.1 Å². The summed E-state index contributed by atoms with van der Waals surface area (Å²) in [5, 5.41) is 14.9. The standard InChI is InChI=1S/C18H19F2N5O4.C17H15BrClFN4O3/c1-9(16(21)26)22-10-2-3-11-13(6-10)28-5-4-24-7-14(23-17(11)24)25-12(15(19)20)8-29-18(25)27;1-24-8-21-16-13(24)7-10(17(26)23-27-5-4-25)15(14(16)20)22-12-3-2-9(18)6-11(12)19/h2-3,6-7,9,12,15,22H,4-5,8H2,1H3,(H2,21,26);2-3,6-8,22,25H,4-5H2,1H3,(H,23,26). The minimum Gasteiger partial charge on any atom is -0.491 e. The molecule has 2 aromatic heterocycles. The van der Waals surface area contributed by atoms with Crippen LogP contribution >= 0.6 is 27.5 Å². The lowest BCUT2D eigenvalue weighted by atomic mass is 10.1. The van der Waals surface area contributed by atoms with E-state index in [4.69, 9.17) is 36.8 Å². The molecule has 0 bridgehead atoms. The number of hydroxylamine groups is 1. The highest BCUT2D eigenvalue weighted by atomic mass is 79.9. The van der Waals surface area contributed by atoms with Crippen LogP contribution in [0, 0.1) is 5.82 Å². The summed E-state index contributed by atoms with van der Waals surface area (Å²) in [4.78, 5) is 49.9. The van der Waals surface area contributed by atoms with E-state index in [2.05, 4.69) is 42.0 Å². The number of carbonyl (C=O) groups is 3. The van der Waals surface area contributed by atoms with Crippen molar-refractivity contribution in [2.45, 2.75) is 32.0 Å². The van der Waals surface area contributed by atoms with Crippen LogP contribution in [0.5, 0.6) is 5.75 Å². The number of nitrogens with zero attached hydrogens (tertiary/aromatic N) is 5. The summed E-state index contributed by atoms with van der Waals surface area (Å²) >= 11 is 9.51. The second kappa shape index (κ2) is 17.1. The Kier molecular flexibility index (Phi) is 12.2. The number of imidazole rings is 2. The molecule has 0 aliphatic carbocycles. The maximum Gasteiger partial charge on any atom is 0.416 e. The van der Waals surface area contributed by atoms with Crippen molar-refractivity contribution in [3.8, 4) is 17.1 Å². The number of fused-ring (bicyclic) bond motifs is 4. The van der Waals surface area contributed by atoms with Crippen LogP contribution in [-0.4, -0.2) is 87.1 Å². The van der Waals surface area contributed by atoms with Crippen molar-refractivity contribution in [3.05, 3.63) is 75.9 Å². The largest absolute Gasteiger partial charge is 0.491 e. The van der Waals surface area contributed by atoms with E-state index in [9.17, 15) is 23.2 Å². The third-order valence-electron chi connectivity index (χ3n) is 8.58. The average Bonchev–Trinajstić information content (AvgIpc) is 3.84. The van der Waals surface area contributed by atoms with Gasteiger partial charge in [0.1, 0.15) is 42.4 Å². The van der Waals surface area contributed by atoms with Crippen LogP contribution in [-0.2, 0) is 28.0 Å². The molecule has 1 fully saturated rings. The topological polar surface area (TPSA) is 200 Å². The van der Waals surface area contributed by atoms with Crippen molar-refractivity contribution in [2.75, 3.05) is 42.0 Å². The average molecular weight is 865 g/mol. The number of aliphatic hydroxyl groups is 1. The lowest BCUT2D eigenvalue weighted by Gasteiger charge is -2.17. The van der Waals surface area contributed by atoms with Crippen molar-refractivity contribution >= 4 is 79.4 Å². The number of aliphatic hydroxyl groups excluding tert-OH is 1. The lowest BCUT2D eigenvalue weighted by molar-refractivity contribution is -0.118. The SMILES string of the molecule is CC(Nc1ccc2c(c1)OCCn1cc(N3C(=O)OCC3C(F)F)nc1-2)C(N)=O.Cn1cnc2c(F)c(Nc3ccc(Br)cc3Cl)c(C(=O)NOCCO)cc21. The van der Waals surface area contributed by atoms with Crippen LogP contribution in [0.15, 0.2) is 59.5 Å². The first kappa shape index (κ1) is 40.1. The molecule has 2 atom stereocenters. The highest BCUT2D eigenvalue weighted by Crippen LogP contribution is 2.37. The number of aryl methyl sites for hydroxylation is 1. The Morgan fingerprint density at radius 3 is 2.70 bits per heavy atom. The van der Waals surface area contributed by atoms with Crippen molar-refractivity contribution < 1.29 is 47.0 Å². The van der Waals surface area contributed by atoms with Crippen molar-refractivity contribution in [2.24, 2.45) is 12.8 Å². The molecule has 5 aromatic rings. The molecule has 2 unspecified atom stereocenters. The fraction of sp³-hybridized carbons (Fsp3) is 0.286. The summed E-state index contributed by atoms with van der Waals surface area (Å²) < 4.78 is 56.3. The minimum atomic E-state index is -2.75. The Labute approximate surface area is 329 Å². The van der Waals surface area contributed by atoms with Crippen LogP contribution in [0.1, 0.15) is 17.3 Å². The number of nitrogens with two attached hydrogens (primary N) is 1. The maximum absolute atomic E-state index is 15.1. The molecule has 16 nitrogen and oxygen atoms in total. The predicted octanol–water partition coefficient (Wildman–Crippen LogP) is 5.34. The number of alkyl halides is 2. The maximum atomic E-state index is 15.1. The number of nitrogens with one attached hydrogen (secondary N) is 3. The zero-order valence-electron chi connectivity index (χ0n) is 29.6. The number of halogens is 5. The van der Waals surface area contributed by atoms with E-state index in [-0.39, 0.29) is 42.4 Å². The molecule has 3 amide bonds. The highest BCUT2D eigenvalue weighted by molar-refractivity contribution is 9.10. The highest BCUT2D eigenvalue weighted by Gasteiger charge is 2.42. The molecule has 4 heterocycles. The van der Waals surface area contributed by atoms with Crippen molar-refractivity contribution in [3.63, 3.8) is 0 Å². The Morgan fingerprint density at radius 2 is 1.98 bits per heavy atom. The van der Waals surface area contributed by atoms with Gasteiger partial charge < -0.3 is 40.1 Å². The van der Waals surface area contributed by atoms with Crippen LogP contribution in [0.4, 0.5) is 40.8 Å². The van der Waals surface area contributed by atoms with Gasteiger partial charge in [0.2, 0.25) is 5.91 Å². The number of cyclic esters (lactones) is 1. The van der Waals surface area contributed by atoms with Gasteiger partial charge in [-0.1, -0.05) is 27.5 Å². The van der Waals surface area contributed by atoms with E-state index in [1.807, 2.05) is 0 Å². The van der Waals surface area contributed by atoms with Gasteiger partial charge in [0, 0.05) is 29.5 Å². The number of primary amides is 1. The van der Waals surface area contributed by atoms with Gasteiger partial charge in [0.15, 0.2) is 11.6 Å². The van der Waals surface area contributed by atoms with Gasteiger partial charge in [-0.15, -0.1) is 0 Å². The molecule has 2 aliphatic rings. The number of rotatable bonds is 11. The molecule has 2 aliphatic heterocycles. The van der Waals surface area contributed by atoms with E-state index in [1.54, 1.807) is 59.5 Å². The summed E-state index contributed by atoms with van der Waals surface area (Å²) in [6.07, 6.45) is -0.606. The molecule has 0 saturated carbocycles. The van der Waals surface area contributed by atoms with Gasteiger partial charge in [-0.25, -0.2) is 38.3 Å². The smallest absolute Gasteiger partial charge is 0.416 e. The molecule has 21 heteroatoms. The van der Waals surface area contributed by atoms with Gasteiger partial charge in [-0.2, -0.15) is 0 Å². The molecule has 1 saturated heterocycles. The Hall–Kier alpha value is -5.57. The van der Waals surface area contributed by atoms with Crippen LogP contribution in [0.2, 0.25) is 5.02 Å². The molecule has 3 aromatic carbocycles. The van der Waals surface area contributed by atoms with E-state index >= 15 is 4.39 Å². The summed E-state index contributed by atoms with van der Waals surface area (Å²) in [7, 11) is 1.69. The molecule has 0 radical (unpaired) electrons. The monoisotopic (exact) mass is 863 g/mol. The van der Waals surface area contributed by atoms with Gasteiger partial charge >= 0.3 is 6.09 Å². The number of hydrogen-bond acceptors (Lipinski definition) is 11. The summed E-state index contributed by atoms with van der Waals surface area (Å²) in [5.74, 6) is -0.774. The predicted molar refractivity (Wildman–Crippen MR) is 203 cm³/mol. The molecule has 0 spiro atoms. The number of aromatic nitrogens is 4. The van der Waals surface area contributed by atoms with Crippen molar-refractivity contribution in [1.82, 2.24) is 24.6 Å². The number of hydrogen-bond donors (Lipinski definition) is 5. The van der Waals surface area contributed by atoms with Gasteiger partial charge in [-0.05, 0) is 43.3 Å². The summed E-state index contributed by atoms with van der Waals surface area (Å²) in [6.45, 7) is 1.62. The quantitative estimate of drug-likeness (QED) is 0.0848. The fourth-order valence-electron chi connectivity index (χ4n) is 5.75. The Balaban J connectivity index is 0.000000190. The first-order valence-corrected chi connectivity index (χ1v) is 18.0. The molecule has 296 valence electrons. The third-order valence-corrected chi connectivity index (χ3v) is 9.39. The fourth-order valence-corrected chi connectivity index (χ4v) is 6.47. The van der Waals surface area contributed by atoms with Crippen LogP contribution in [0.25, 0.3) is 22.4 Å². The first-order valence-electron chi connectivity index (χ1n) is 16.8. The van der Waals surface area contributed by atoms with Crippen LogP contribution < -0.4 is 31.5 Å². The Bertz CT molecular complexity index is 2290. The zero-order chi connectivity index (χ0) is 40.3. The molecule has 6 N–H and O–H groups in total. The van der Waals surface area contributed by atoms with Gasteiger partial charge in [0.25, 0.3) is 12.3 Å². The second-order valence-electron chi connectivity index (χ2n) is 12.4. The normalized spacial score (nSPS) is 15.2. The third kappa shape index (κ3) is 8.47. The van der Waals surface area contributed by atoms with E-state index < -0.39 is 42.2 Å². The number of carbonyl (C=O) groups excluding carboxylic acids is 3. The number of anilines is 4. The van der Waals surface area contributed by atoms with E-state index in [1.165, 1.54) is 18.6 Å². The zero-order valence-corrected chi connectivity index (χ0v) is 31.9. The second-order valence-corrected chi connectivity index (χ2v) is 13.7. The van der Waals surface area contributed by atoms with Gasteiger partial charge in [-0.3, -0.25) is 14.4 Å². The summed E-state index contributed by atoms with van der Waals surface area (Å²) in [5.41, 5.74) is 9.60. The number of benzene rings is 3.